The predicted molar refractivity (Wildman–Crippen MR) is 195 cm³/mol. The van der Waals surface area contributed by atoms with Crippen LogP contribution in [0.25, 0.3) is 11.3 Å². The Hall–Kier alpha value is -5.89. The van der Waals surface area contributed by atoms with Crippen LogP contribution in [0, 0.1) is 11.8 Å². The topological polar surface area (TPSA) is 126 Å². The summed E-state index contributed by atoms with van der Waals surface area (Å²) in [6, 6.07) is 27.5. The summed E-state index contributed by atoms with van der Waals surface area (Å²) < 4.78 is 7.41. The third kappa shape index (κ3) is 8.29. The molecule has 5 aromatic rings. The molecule has 0 saturated carbocycles. The van der Waals surface area contributed by atoms with Crippen LogP contribution in [0.3, 0.4) is 0 Å². The Morgan fingerprint density at radius 1 is 0.941 bits per heavy atom. The lowest BCUT2D eigenvalue weighted by molar-refractivity contribution is -0.148. The van der Waals surface area contributed by atoms with Gasteiger partial charge in [0.05, 0.1) is 18.8 Å². The van der Waals surface area contributed by atoms with Crippen molar-refractivity contribution < 1.29 is 24.2 Å². The highest BCUT2D eigenvalue weighted by atomic mass is 35.5. The van der Waals surface area contributed by atoms with E-state index in [0.29, 0.717) is 44.2 Å². The number of carbonyl (C=O) groups excluding carboxylic acids is 3. The molecule has 10 nitrogen and oxygen atoms in total. The van der Waals surface area contributed by atoms with Gasteiger partial charge in [-0.2, -0.15) is 5.10 Å². The largest absolute Gasteiger partial charge is 0.507 e. The average Bonchev–Trinajstić information content (AvgIpc) is 3.59. The number of phenolic OH excluding ortho intramolecular Hbond substituents is 1. The van der Waals surface area contributed by atoms with Crippen LogP contribution >= 0.6 is 11.6 Å². The Kier molecular flexibility index (Phi) is 10.8. The molecular formula is C40H36ClN5O5. The molecule has 4 aromatic carbocycles. The van der Waals surface area contributed by atoms with Crippen LogP contribution in [0.5, 0.6) is 5.75 Å². The lowest BCUT2D eigenvalue weighted by Gasteiger charge is -2.37. The van der Waals surface area contributed by atoms with E-state index in [1.165, 1.54) is 11.0 Å². The summed E-state index contributed by atoms with van der Waals surface area (Å²) in [7, 11) is 0. The van der Waals surface area contributed by atoms with Crippen LogP contribution < -0.4 is 10.6 Å². The number of anilines is 1. The van der Waals surface area contributed by atoms with E-state index in [1.807, 2.05) is 32.2 Å². The number of benzene rings is 4. The van der Waals surface area contributed by atoms with E-state index >= 15 is 0 Å². The molecule has 11 heteroatoms. The molecule has 3 amide bonds. The Bertz CT molecular complexity index is 2090. The molecule has 2 atom stereocenters. The van der Waals surface area contributed by atoms with Gasteiger partial charge in [-0.25, -0.2) is 0 Å². The van der Waals surface area contributed by atoms with Gasteiger partial charge in [0.2, 0.25) is 5.91 Å². The van der Waals surface area contributed by atoms with Gasteiger partial charge in [0.1, 0.15) is 23.5 Å². The van der Waals surface area contributed by atoms with E-state index in [1.54, 1.807) is 89.6 Å². The second-order valence-corrected chi connectivity index (χ2v) is 12.7. The molecule has 6 rings (SSSR count). The summed E-state index contributed by atoms with van der Waals surface area (Å²) in [5.74, 6) is 5.12. The van der Waals surface area contributed by atoms with Gasteiger partial charge in [-0.15, -0.1) is 0 Å². The fourth-order valence-corrected chi connectivity index (χ4v) is 5.81. The molecular weight excluding hydrogens is 666 g/mol. The second kappa shape index (κ2) is 15.8. The Morgan fingerprint density at radius 2 is 1.65 bits per heavy atom. The summed E-state index contributed by atoms with van der Waals surface area (Å²) in [5.41, 5.74) is 3.83. The number of rotatable bonds is 8. The molecule has 0 spiro atoms. The van der Waals surface area contributed by atoms with Crippen LogP contribution in [-0.4, -0.2) is 63.3 Å². The summed E-state index contributed by atoms with van der Waals surface area (Å²) >= 11 is 6.21. The van der Waals surface area contributed by atoms with Crippen molar-refractivity contribution >= 4 is 35.0 Å². The number of morpholine rings is 1. The first-order chi connectivity index (χ1) is 24.7. The van der Waals surface area contributed by atoms with Crippen molar-refractivity contribution in [3.05, 3.63) is 137 Å². The van der Waals surface area contributed by atoms with Crippen molar-refractivity contribution in [2.45, 2.75) is 32.0 Å². The van der Waals surface area contributed by atoms with Crippen molar-refractivity contribution in [2.24, 2.45) is 0 Å². The first-order valence-electron chi connectivity index (χ1n) is 16.5. The number of hydrogen-bond acceptors (Lipinski definition) is 6. The molecule has 1 aliphatic heterocycles. The Balaban J connectivity index is 1.18. The number of phenols is 1. The highest BCUT2D eigenvalue weighted by Gasteiger charge is 2.37. The maximum absolute atomic E-state index is 14.1. The zero-order chi connectivity index (χ0) is 35.9. The van der Waals surface area contributed by atoms with Gasteiger partial charge < -0.3 is 25.4 Å². The standard InChI is InChI=1S/C40H36ClN5O5/c1-26(2)46-24-30(36(44-46)33-23-31(41)17-20-35(33)47)16-13-27-14-18-32(19-15-27)42-39(49)34-25-51-22-21-45(34)40(50)37(28-9-5-3-6-10-28)43-38(48)29-11-7-4-8-12-29/h3-12,14-15,17-20,23-24,26,34,37,47H,21-22,25H2,1-2H3,(H,42,49)(H,43,48)/t34-,37+/m0/s1. The molecule has 1 saturated heterocycles. The molecule has 3 N–H and O–H groups in total. The van der Waals surface area contributed by atoms with Crippen LogP contribution in [0.1, 0.15) is 53.0 Å². The SMILES string of the molecule is CC(C)n1cc(C#Cc2ccc(NC(=O)[C@@H]3COCCN3C(=O)[C@H](NC(=O)c3ccccc3)c3ccccc3)cc2)c(-c2cc(Cl)ccc2O)n1. The van der Waals surface area contributed by atoms with Crippen molar-refractivity contribution in [2.75, 3.05) is 25.1 Å². The average molecular weight is 702 g/mol. The van der Waals surface area contributed by atoms with Crippen LogP contribution in [-0.2, 0) is 14.3 Å². The lowest BCUT2D eigenvalue weighted by atomic mass is 10.0. The monoisotopic (exact) mass is 701 g/mol. The molecule has 1 aliphatic rings. The molecule has 0 aliphatic carbocycles. The summed E-state index contributed by atoms with van der Waals surface area (Å²) in [4.78, 5) is 42.3. The number of carbonyl (C=O) groups is 3. The smallest absolute Gasteiger partial charge is 0.252 e. The third-order valence-electron chi connectivity index (χ3n) is 8.37. The highest BCUT2D eigenvalue weighted by molar-refractivity contribution is 6.31. The molecule has 258 valence electrons. The van der Waals surface area contributed by atoms with Crippen LogP contribution in [0.2, 0.25) is 5.02 Å². The predicted octanol–water partition coefficient (Wildman–Crippen LogP) is 6.23. The van der Waals surface area contributed by atoms with E-state index in [2.05, 4.69) is 27.6 Å². The van der Waals surface area contributed by atoms with Crippen molar-refractivity contribution in [1.82, 2.24) is 20.0 Å². The van der Waals surface area contributed by atoms with Crippen molar-refractivity contribution in [1.29, 1.82) is 0 Å². The third-order valence-corrected chi connectivity index (χ3v) is 8.61. The van der Waals surface area contributed by atoms with Gasteiger partial charge in [-0.3, -0.25) is 19.1 Å². The zero-order valence-corrected chi connectivity index (χ0v) is 28.8. The van der Waals surface area contributed by atoms with Gasteiger partial charge in [0, 0.05) is 46.2 Å². The summed E-state index contributed by atoms with van der Waals surface area (Å²) in [6.07, 6.45) is 1.83. The number of aromatic nitrogens is 2. The molecule has 0 bridgehead atoms. The fourth-order valence-electron chi connectivity index (χ4n) is 5.63. The molecule has 0 radical (unpaired) electrons. The maximum Gasteiger partial charge on any atom is 0.252 e. The van der Waals surface area contributed by atoms with Crippen LogP contribution in [0.4, 0.5) is 5.69 Å². The first kappa shape index (κ1) is 35.0. The number of hydrogen-bond donors (Lipinski definition) is 3. The number of amides is 3. The Labute approximate surface area is 301 Å². The van der Waals surface area contributed by atoms with Gasteiger partial charge in [0.15, 0.2) is 0 Å². The number of nitrogens with zero attached hydrogens (tertiary/aromatic N) is 3. The summed E-state index contributed by atoms with van der Waals surface area (Å²) in [6.45, 7) is 4.44. The fraction of sp³-hybridized carbons (Fsp3) is 0.200. The van der Waals surface area contributed by atoms with Crippen molar-refractivity contribution in [3.8, 4) is 28.8 Å². The van der Waals surface area contributed by atoms with Gasteiger partial charge in [0.25, 0.3) is 11.8 Å². The number of halogens is 1. The quantitative estimate of drug-likeness (QED) is 0.165. The minimum atomic E-state index is -1.01. The first-order valence-corrected chi connectivity index (χ1v) is 16.9. The van der Waals surface area contributed by atoms with E-state index in [0.717, 1.165) is 0 Å². The number of nitrogens with one attached hydrogen (secondary N) is 2. The maximum atomic E-state index is 14.1. The molecule has 51 heavy (non-hydrogen) atoms. The van der Waals surface area contributed by atoms with Crippen LogP contribution in [0.15, 0.2) is 109 Å². The number of ether oxygens (including phenoxy) is 1. The second-order valence-electron chi connectivity index (χ2n) is 12.2. The Morgan fingerprint density at radius 3 is 2.35 bits per heavy atom. The van der Waals surface area contributed by atoms with Gasteiger partial charge in [-0.1, -0.05) is 72.0 Å². The normalized spacial score (nSPS) is 14.7. The highest BCUT2D eigenvalue weighted by Crippen LogP contribution is 2.33. The van der Waals surface area contributed by atoms with Gasteiger partial charge >= 0.3 is 0 Å². The van der Waals surface area contributed by atoms with E-state index in [-0.39, 0.29) is 31.5 Å². The van der Waals surface area contributed by atoms with Gasteiger partial charge in [-0.05, 0) is 74.0 Å². The molecule has 2 heterocycles. The zero-order valence-electron chi connectivity index (χ0n) is 28.0. The molecule has 1 fully saturated rings. The van der Waals surface area contributed by atoms with E-state index in [9.17, 15) is 19.5 Å². The summed E-state index contributed by atoms with van der Waals surface area (Å²) in [5, 5.41) is 21.4. The molecule has 1 aromatic heterocycles. The minimum absolute atomic E-state index is 0.00382. The molecule has 0 unspecified atom stereocenters. The minimum Gasteiger partial charge on any atom is -0.507 e. The number of aromatic hydroxyl groups is 1. The van der Waals surface area contributed by atoms with E-state index < -0.39 is 29.8 Å². The lowest BCUT2D eigenvalue weighted by Crippen LogP contribution is -2.57. The van der Waals surface area contributed by atoms with Crippen molar-refractivity contribution in [3.63, 3.8) is 0 Å². The van der Waals surface area contributed by atoms with E-state index in [4.69, 9.17) is 16.3 Å².